The third-order valence-electron chi connectivity index (χ3n) is 12.7. The standard InChI is InChI=1S/C58H40N4/c1-4-19-39(20-5-1)55-59-56(40-21-6-2-7-22-40)61-57(60-55)48-29-11-10-27-45(48)43-24-18-23-41(37-43)42-35-36-47-46-28-12-13-30-49(46)58(52(47)38-42)50-31-14-16-33-53(50)62(44-25-8-3-9-26-44)54-34-17-15-32-51(54)58/h1-38,55H,(H,59,60,61). The molecule has 292 valence electrons. The molecule has 9 aromatic carbocycles. The van der Waals surface area contributed by atoms with Crippen molar-refractivity contribution in [2.45, 2.75) is 11.6 Å². The Bertz CT molecular complexity index is 3180. The molecule has 0 bridgehead atoms. The van der Waals surface area contributed by atoms with Crippen molar-refractivity contribution in [1.82, 2.24) is 5.32 Å². The summed E-state index contributed by atoms with van der Waals surface area (Å²) in [7, 11) is 0. The smallest absolute Gasteiger partial charge is 0.169 e. The molecule has 1 spiro atoms. The predicted octanol–water partition coefficient (Wildman–Crippen LogP) is 13.7. The maximum Gasteiger partial charge on any atom is 0.169 e. The minimum Gasteiger partial charge on any atom is -0.324 e. The normalized spacial score (nSPS) is 15.4. The van der Waals surface area contributed by atoms with Crippen LogP contribution in [0.15, 0.2) is 241 Å². The summed E-state index contributed by atoms with van der Waals surface area (Å²) in [6.07, 6.45) is -0.375. The lowest BCUT2D eigenvalue weighted by atomic mass is 9.64. The number of nitrogens with zero attached hydrogens (tertiary/aromatic N) is 3. The Balaban J connectivity index is 1.000. The average molecular weight is 793 g/mol. The van der Waals surface area contributed by atoms with E-state index >= 15 is 0 Å². The molecule has 1 unspecified atom stereocenters. The molecule has 2 heterocycles. The van der Waals surface area contributed by atoms with E-state index in [0.29, 0.717) is 0 Å². The monoisotopic (exact) mass is 792 g/mol. The van der Waals surface area contributed by atoms with Gasteiger partial charge in [-0.15, -0.1) is 0 Å². The summed E-state index contributed by atoms with van der Waals surface area (Å²) >= 11 is 0. The van der Waals surface area contributed by atoms with Gasteiger partial charge in [0.2, 0.25) is 0 Å². The maximum absolute atomic E-state index is 5.25. The molecular formula is C58H40N4. The van der Waals surface area contributed by atoms with Crippen molar-refractivity contribution in [2.24, 2.45) is 9.98 Å². The number of hydrogen-bond acceptors (Lipinski definition) is 4. The number of amidine groups is 2. The molecule has 1 aliphatic carbocycles. The van der Waals surface area contributed by atoms with Gasteiger partial charge in [0, 0.05) is 16.8 Å². The number of aliphatic imine (C=N–C) groups is 2. The van der Waals surface area contributed by atoms with E-state index in [0.717, 1.165) is 50.7 Å². The third-order valence-corrected chi connectivity index (χ3v) is 12.7. The van der Waals surface area contributed by atoms with E-state index in [1.54, 1.807) is 0 Å². The zero-order valence-corrected chi connectivity index (χ0v) is 33.9. The first kappa shape index (κ1) is 35.8. The second kappa shape index (κ2) is 14.6. The fourth-order valence-electron chi connectivity index (χ4n) is 10.1. The summed E-state index contributed by atoms with van der Waals surface area (Å²) in [4.78, 5) is 12.8. The van der Waals surface area contributed by atoms with Gasteiger partial charge in [-0.3, -0.25) is 0 Å². The van der Waals surface area contributed by atoms with Gasteiger partial charge in [0.1, 0.15) is 11.7 Å². The third kappa shape index (κ3) is 5.61. The molecule has 0 fully saturated rings. The fourth-order valence-corrected chi connectivity index (χ4v) is 10.1. The first-order chi connectivity index (χ1) is 30.8. The van der Waals surface area contributed by atoms with Crippen LogP contribution in [-0.2, 0) is 5.41 Å². The van der Waals surface area contributed by atoms with Crippen molar-refractivity contribution in [2.75, 3.05) is 4.90 Å². The van der Waals surface area contributed by atoms with Crippen LogP contribution in [0, 0.1) is 0 Å². The van der Waals surface area contributed by atoms with Crippen LogP contribution in [0.1, 0.15) is 45.1 Å². The van der Waals surface area contributed by atoms with Crippen molar-refractivity contribution in [3.05, 3.63) is 269 Å². The van der Waals surface area contributed by atoms with Crippen molar-refractivity contribution >= 4 is 28.7 Å². The molecule has 12 rings (SSSR count). The second-order valence-corrected chi connectivity index (χ2v) is 16.1. The van der Waals surface area contributed by atoms with E-state index in [4.69, 9.17) is 9.98 Å². The number of anilines is 3. The lowest BCUT2D eigenvalue weighted by Crippen LogP contribution is -2.36. The molecular weight excluding hydrogens is 753 g/mol. The zero-order valence-electron chi connectivity index (χ0n) is 33.9. The molecule has 4 heteroatoms. The van der Waals surface area contributed by atoms with E-state index in [-0.39, 0.29) is 6.17 Å². The lowest BCUT2D eigenvalue weighted by molar-refractivity contribution is 0.753. The van der Waals surface area contributed by atoms with Crippen molar-refractivity contribution < 1.29 is 0 Å². The number of benzene rings is 9. The molecule has 4 nitrogen and oxygen atoms in total. The van der Waals surface area contributed by atoms with Crippen molar-refractivity contribution in [3.63, 3.8) is 0 Å². The van der Waals surface area contributed by atoms with Crippen LogP contribution in [0.5, 0.6) is 0 Å². The van der Waals surface area contributed by atoms with Crippen LogP contribution < -0.4 is 10.2 Å². The van der Waals surface area contributed by atoms with Crippen molar-refractivity contribution in [1.29, 1.82) is 0 Å². The van der Waals surface area contributed by atoms with Crippen LogP contribution in [0.3, 0.4) is 0 Å². The molecule has 0 amide bonds. The van der Waals surface area contributed by atoms with Gasteiger partial charge < -0.3 is 10.2 Å². The fraction of sp³-hybridized carbons (Fsp3) is 0.0345. The molecule has 2 aliphatic heterocycles. The zero-order chi connectivity index (χ0) is 41.0. The summed E-state index contributed by atoms with van der Waals surface area (Å²) < 4.78 is 0. The first-order valence-corrected chi connectivity index (χ1v) is 21.3. The van der Waals surface area contributed by atoms with Crippen LogP contribution in [0.2, 0.25) is 0 Å². The van der Waals surface area contributed by atoms with Crippen LogP contribution in [0.25, 0.3) is 33.4 Å². The van der Waals surface area contributed by atoms with Crippen LogP contribution in [0.4, 0.5) is 17.1 Å². The summed E-state index contributed by atoms with van der Waals surface area (Å²) in [5.41, 5.74) is 18.4. The SMILES string of the molecule is c1ccc(C2=NC(c3ccccc3)N=C(c3ccccc3-c3cccc(-c4ccc5c(c4)C4(c6ccccc6-5)c5ccccc5N(c5ccccc5)c5ccccc54)c3)N2)cc1. The van der Waals surface area contributed by atoms with Gasteiger partial charge >= 0.3 is 0 Å². The van der Waals surface area contributed by atoms with E-state index in [9.17, 15) is 0 Å². The van der Waals surface area contributed by atoms with Gasteiger partial charge in [-0.2, -0.15) is 0 Å². The Morgan fingerprint density at radius 3 is 1.60 bits per heavy atom. The van der Waals surface area contributed by atoms with E-state index in [1.165, 1.54) is 50.3 Å². The minimum atomic E-state index is -0.525. The summed E-state index contributed by atoms with van der Waals surface area (Å²) in [6, 6.07) is 83.1. The van der Waals surface area contributed by atoms with Crippen LogP contribution in [-0.4, -0.2) is 11.7 Å². The molecule has 3 aliphatic rings. The Kier molecular flexibility index (Phi) is 8.42. The Morgan fingerprint density at radius 2 is 0.871 bits per heavy atom. The molecule has 0 saturated carbocycles. The number of fused-ring (bicyclic) bond motifs is 9. The number of rotatable bonds is 6. The molecule has 0 saturated heterocycles. The molecule has 1 N–H and O–H groups in total. The van der Waals surface area contributed by atoms with E-state index < -0.39 is 5.41 Å². The molecule has 0 aromatic heterocycles. The van der Waals surface area contributed by atoms with E-state index in [2.05, 4.69) is 204 Å². The number of hydrogen-bond donors (Lipinski definition) is 1. The highest BCUT2D eigenvalue weighted by molar-refractivity contribution is 6.18. The number of para-hydroxylation sites is 3. The highest BCUT2D eigenvalue weighted by Crippen LogP contribution is 2.63. The molecule has 1 atom stereocenters. The quantitative estimate of drug-likeness (QED) is 0.182. The lowest BCUT2D eigenvalue weighted by Gasteiger charge is -2.45. The van der Waals surface area contributed by atoms with Gasteiger partial charge in [-0.05, 0) is 97.6 Å². The van der Waals surface area contributed by atoms with Crippen molar-refractivity contribution in [3.8, 4) is 33.4 Å². The van der Waals surface area contributed by atoms with Crippen LogP contribution >= 0.6 is 0 Å². The van der Waals surface area contributed by atoms with E-state index in [1.807, 2.05) is 36.4 Å². The summed E-state index contributed by atoms with van der Waals surface area (Å²) in [5.74, 6) is 1.60. The van der Waals surface area contributed by atoms with Gasteiger partial charge in [0.25, 0.3) is 0 Å². The minimum absolute atomic E-state index is 0.375. The Hall–Kier alpha value is -8.08. The molecule has 0 radical (unpaired) electrons. The van der Waals surface area contributed by atoms with Gasteiger partial charge in [-0.25, -0.2) is 9.98 Å². The molecule has 62 heavy (non-hydrogen) atoms. The van der Waals surface area contributed by atoms with Gasteiger partial charge in [-0.1, -0.05) is 194 Å². The highest BCUT2D eigenvalue weighted by atomic mass is 15.2. The predicted molar refractivity (Wildman–Crippen MR) is 255 cm³/mol. The topological polar surface area (TPSA) is 40.0 Å². The second-order valence-electron chi connectivity index (χ2n) is 16.1. The maximum atomic E-state index is 5.25. The Morgan fingerprint density at radius 1 is 0.355 bits per heavy atom. The Labute approximate surface area is 361 Å². The molecule has 9 aromatic rings. The highest BCUT2D eigenvalue weighted by Gasteiger charge is 2.51. The summed E-state index contributed by atoms with van der Waals surface area (Å²) in [6.45, 7) is 0. The van der Waals surface area contributed by atoms with Gasteiger partial charge in [0.15, 0.2) is 6.17 Å². The average Bonchev–Trinajstić information content (AvgIpc) is 3.65. The first-order valence-electron chi connectivity index (χ1n) is 21.3. The number of nitrogens with one attached hydrogen (secondary N) is 1. The van der Waals surface area contributed by atoms with Gasteiger partial charge in [0.05, 0.1) is 16.8 Å². The largest absolute Gasteiger partial charge is 0.324 e. The summed E-state index contributed by atoms with van der Waals surface area (Å²) in [5, 5.41) is 3.64.